The van der Waals surface area contributed by atoms with Crippen LogP contribution < -0.4 is 0 Å². The third kappa shape index (κ3) is 2.99. The molecule has 6 heteroatoms. The number of halogens is 2. The maximum atomic E-state index is 12.1. The summed E-state index contributed by atoms with van der Waals surface area (Å²) in [6.45, 7) is 4.15. The second-order valence-electron chi connectivity index (χ2n) is 5.28. The van der Waals surface area contributed by atoms with E-state index in [1.807, 2.05) is 18.3 Å². The Morgan fingerprint density at radius 1 is 1.21 bits per heavy atom. The van der Waals surface area contributed by atoms with Gasteiger partial charge >= 0.3 is 5.97 Å². The molecule has 0 unspecified atom stereocenters. The van der Waals surface area contributed by atoms with Crippen LogP contribution >= 0.6 is 23.2 Å². The number of benzene rings is 1. The molecule has 0 atom stereocenters. The van der Waals surface area contributed by atoms with E-state index in [2.05, 4.69) is 11.9 Å². The summed E-state index contributed by atoms with van der Waals surface area (Å²) in [5.74, 6) is -0.401. The molecule has 0 bridgehead atoms. The van der Waals surface area contributed by atoms with Crippen molar-refractivity contribution in [1.29, 1.82) is 0 Å². The van der Waals surface area contributed by atoms with Crippen LogP contribution in [0.1, 0.15) is 29.9 Å². The molecule has 3 rings (SSSR count). The number of esters is 1. The monoisotopic (exact) mass is 362 g/mol. The summed E-state index contributed by atoms with van der Waals surface area (Å²) in [7, 11) is 0. The van der Waals surface area contributed by atoms with Crippen LogP contribution in [0.25, 0.3) is 16.8 Å². The number of pyridine rings is 1. The molecule has 0 amide bonds. The Morgan fingerprint density at radius 2 is 2.00 bits per heavy atom. The van der Waals surface area contributed by atoms with E-state index in [0.29, 0.717) is 28.0 Å². The molecule has 2 aromatic heterocycles. The highest BCUT2D eigenvalue weighted by Crippen LogP contribution is 2.33. The van der Waals surface area contributed by atoms with Crippen LogP contribution in [-0.4, -0.2) is 22.0 Å². The number of rotatable bonds is 4. The van der Waals surface area contributed by atoms with E-state index in [-0.39, 0.29) is 0 Å². The van der Waals surface area contributed by atoms with Crippen molar-refractivity contribution in [2.45, 2.75) is 20.3 Å². The molecule has 0 radical (unpaired) electrons. The molecule has 1 aromatic carbocycles. The van der Waals surface area contributed by atoms with Crippen molar-refractivity contribution in [2.75, 3.05) is 6.61 Å². The summed E-state index contributed by atoms with van der Waals surface area (Å²) in [6, 6.07) is 7.35. The van der Waals surface area contributed by atoms with Gasteiger partial charge in [0.2, 0.25) is 0 Å². The van der Waals surface area contributed by atoms with E-state index in [1.54, 1.807) is 23.5 Å². The molecule has 4 nitrogen and oxygen atoms in total. The first kappa shape index (κ1) is 16.8. The lowest BCUT2D eigenvalue weighted by Crippen LogP contribution is -2.08. The van der Waals surface area contributed by atoms with Crippen LogP contribution in [0.3, 0.4) is 0 Å². The third-order valence-corrected chi connectivity index (χ3v) is 4.37. The summed E-state index contributed by atoms with van der Waals surface area (Å²) >= 11 is 12.4. The molecular formula is C18H16Cl2N2O2. The highest BCUT2D eigenvalue weighted by molar-refractivity contribution is 6.36. The fourth-order valence-corrected chi connectivity index (χ4v) is 3.17. The Bertz CT molecular complexity index is 919. The highest BCUT2D eigenvalue weighted by Gasteiger charge is 2.16. The van der Waals surface area contributed by atoms with Crippen molar-refractivity contribution >= 4 is 34.8 Å². The van der Waals surface area contributed by atoms with Crippen LogP contribution in [0.2, 0.25) is 10.0 Å². The summed E-state index contributed by atoms with van der Waals surface area (Å²) in [5, 5.41) is 1.15. The Kier molecular flexibility index (Phi) is 4.78. The smallest absolute Gasteiger partial charge is 0.356 e. The van der Waals surface area contributed by atoms with Gasteiger partial charge in [-0.3, -0.25) is 4.40 Å². The number of hydrogen-bond acceptors (Lipinski definition) is 3. The maximum absolute atomic E-state index is 12.1. The molecular weight excluding hydrogens is 347 g/mol. The number of fused-ring (bicyclic) bond motifs is 1. The van der Waals surface area contributed by atoms with Gasteiger partial charge < -0.3 is 4.74 Å². The Morgan fingerprint density at radius 3 is 2.67 bits per heavy atom. The minimum atomic E-state index is -0.401. The average molecular weight is 363 g/mol. The number of carbonyl (C=O) groups excluding carboxylic acids is 1. The van der Waals surface area contributed by atoms with Gasteiger partial charge in [0.05, 0.1) is 12.8 Å². The van der Waals surface area contributed by atoms with Crippen molar-refractivity contribution in [3.05, 3.63) is 58.0 Å². The predicted octanol–water partition coefficient (Wildman–Crippen LogP) is 5.05. The molecule has 0 saturated heterocycles. The topological polar surface area (TPSA) is 43.6 Å². The first-order valence-corrected chi connectivity index (χ1v) is 8.43. The van der Waals surface area contributed by atoms with Gasteiger partial charge in [-0.05, 0) is 37.1 Å². The van der Waals surface area contributed by atoms with E-state index >= 15 is 0 Å². The second-order valence-corrected chi connectivity index (χ2v) is 6.13. The van der Waals surface area contributed by atoms with Gasteiger partial charge in [0.1, 0.15) is 5.65 Å². The van der Waals surface area contributed by atoms with Gasteiger partial charge in [0.15, 0.2) is 5.69 Å². The third-order valence-electron chi connectivity index (χ3n) is 3.82. The average Bonchev–Trinajstić information content (AvgIpc) is 2.97. The summed E-state index contributed by atoms with van der Waals surface area (Å²) < 4.78 is 6.83. The molecule has 0 saturated carbocycles. The summed E-state index contributed by atoms with van der Waals surface area (Å²) in [5.41, 5.74) is 3.98. The molecule has 2 heterocycles. The number of ether oxygens (including phenoxy) is 1. The van der Waals surface area contributed by atoms with Crippen molar-refractivity contribution in [3.63, 3.8) is 0 Å². The largest absolute Gasteiger partial charge is 0.461 e. The summed E-state index contributed by atoms with van der Waals surface area (Å²) in [4.78, 5) is 16.4. The molecule has 0 aliphatic carbocycles. The number of aryl methyl sites for hydroxylation is 1. The van der Waals surface area contributed by atoms with Gasteiger partial charge in [-0.1, -0.05) is 36.2 Å². The normalized spacial score (nSPS) is 11.0. The molecule has 0 N–H and O–H groups in total. The Hall–Kier alpha value is -2.04. The highest BCUT2D eigenvalue weighted by atomic mass is 35.5. The predicted molar refractivity (Wildman–Crippen MR) is 96.0 cm³/mol. The molecule has 0 aliphatic heterocycles. The fourth-order valence-electron chi connectivity index (χ4n) is 2.66. The molecule has 24 heavy (non-hydrogen) atoms. The molecule has 124 valence electrons. The lowest BCUT2D eigenvalue weighted by Gasteiger charge is -2.12. The van der Waals surface area contributed by atoms with Gasteiger partial charge in [-0.15, -0.1) is 0 Å². The van der Waals surface area contributed by atoms with Crippen molar-refractivity contribution in [3.8, 4) is 11.1 Å². The minimum Gasteiger partial charge on any atom is -0.461 e. The minimum absolute atomic E-state index is 0.314. The number of imidazole rings is 1. The first-order chi connectivity index (χ1) is 11.5. The number of carbonyl (C=O) groups is 1. The van der Waals surface area contributed by atoms with Crippen molar-refractivity contribution < 1.29 is 9.53 Å². The van der Waals surface area contributed by atoms with Crippen LogP contribution in [-0.2, 0) is 11.2 Å². The molecule has 0 spiro atoms. The quantitative estimate of drug-likeness (QED) is 0.610. The lowest BCUT2D eigenvalue weighted by atomic mass is 10.00. The van der Waals surface area contributed by atoms with Crippen LogP contribution in [0.4, 0.5) is 0 Å². The molecule has 3 aromatic rings. The van der Waals surface area contributed by atoms with E-state index in [0.717, 1.165) is 23.1 Å². The Labute approximate surface area is 150 Å². The maximum Gasteiger partial charge on any atom is 0.356 e. The van der Waals surface area contributed by atoms with Crippen molar-refractivity contribution in [1.82, 2.24) is 9.38 Å². The second kappa shape index (κ2) is 6.83. The van der Waals surface area contributed by atoms with Gasteiger partial charge in [0, 0.05) is 27.4 Å². The summed E-state index contributed by atoms with van der Waals surface area (Å²) in [6.07, 6.45) is 4.22. The SMILES string of the molecule is CCOC(=O)c1cnc2cc(CC)c(-c3ccc(Cl)cc3Cl)cn12. The lowest BCUT2D eigenvalue weighted by molar-refractivity contribution is 0.0518. The zero-order chi connectivity index (χ0) is 17.3. The van der Waals surface area contributed by atoms with E-state index in [9.17, 15) is 4.79 Å². The Balaban J connectivity index is 2.22. The van der Waals surface area contributed by atoms with Gasteiger partial charge in [-0.2, -0.15) is 0 Å². The zero-order valence-corrected chi connectivity index (χ0v) is 14.9. The standard InChI is InChI=1S/C18H16Cl2N2O2/c1-3-11-7-17-21-9-16(18(23)24-4-2)22(17)10-14(11)13-6-5-12(19)8-15(13)20/h5-10H,3-4H2,1-2H3. The van der Waals surface area contributed by atoms with Crippen LogP contribution in [0.15, 0.2) is 36.7 Å². The number of hydrogen-bond donors (Lipinski definition) is 0. The molecule has 0 fully saturated rings. The number of aromatic nitrogens is 2. The van der Waals surface area contributed by atoms with Crippen LogP contribution in [0.5, 0.6) is 0 Å². The van der Waals surface area contributed by atoms with Gasteiger partial charge in [0.25, 0.3) is 0 Å². The van der Waals surface area contributed by atoms with E-state index in [1.165, 1.54) is 6.20 Å². The molecule has 0 aliphatic rings. The first-order valence-electron chi connectivity index (χ1n) is 7.67. The number of nitrogens with zero attached hydrogens (tertiary/aromatic N) is 2. The zero-order valence-electron chi connectivity index (χ0n) is 13.3. The van der Waals surface area contributed by atoms with E-state index in [4.69, 9.17) is 27.9 Å². The van der Waals surface area contributed by atoms with E-state index < -0.39 is 5.97 Å². The van der Waals surface area contributed by atoms with Crippen molar-refractivity contribution in [2.24, 2.45) is 0 Å². The fraction of sp³-hybridized carbons (Fsp3) is 0.222. The van der Waals surface area contributed by atoms with Gasteiger partial charge in [-0.25, -0.2) is 9.78 Å². The van der Waals surface area contributed by atoms with Crippen LogP contribution in [0, 0.1) is 0 Å².